The summed E-state index contributed by atoms with van der Waals surface area (Å²) in [6.45, 7) is 0.487. The summed E-state index contributed by atoms with van der Waals surface area (Å²) in [6, 6.07) is 11.9. The third-order valence-electron chi connectivity index (χ3n) is 3.84. The Balaban J connectivity index is 2.01. The van der Waals surface area contributed by atoms with Crippen LogP contribution in [0.3, 0.4) is 0 Å². The first-order valence-corrected chi connectivity index (χ1v) is 8.83. The van der Waals surface area contributed by atoms with E-state index in [1.807, 2.05) is 18.2 Å². The topological polar surface area (TPSA) is 38.8 Å². The smallest absolute Gasteiger partial charge is 0.288 e. The number of alkyl halides is 2. The average molecular weight is 381 g/mol. The van der Waals surface area contributed by atoms with E-state index in [1.165, 1.54) is 6.07 Å². The van der Waals surface area contributed by atoms with Crippen LogP contribution in [0.1, 0.15) is 15.9 Å². The van der Waals surface area contributed by atoms with Gasteiger partial charge in [-0.05, 0) is 42.3 Å². The second-order valence-corrected chi connectivity index (χ2v) is 6.64. The van der Waals surface area contributed by atoms with Gasteiger partial charge in [0.2, 0.25) is 0 Å². The van der Waals surface area contributed by atoms with E-state index < -0.39 is 5.76 Å². The summed E-state index contributed by atoms with van der Waals surface area (Å²) in [5.74, 6) is -1.44. The molecular formula is C19H21F2NO3S. The highest BCUT2D eigenvalue weighted by molar-refractivity contribution is 7.99. The lowest BCUT2D eigenvalue weighted by Gasteiger charge is -2.18. The Hall–Kier alpha value is -2.28. The van der Waals surface area contributed by atoms with Crippen molar-refractivity contribution < 1.29 is 23.0 Å². The summed E-state index contributed by atoms with van der Waals surface area (Å²) >= 11 is 0.430. The van der Waals surface area contributed by atoms with E-state index >= 15 is 0 Å². The fourth-order valence-corrected chi connectivity index (χ4v) is 3.02. The van der Waals surface area contributed by atoms with Gasteiger partial charge in [-0.15, -0.1) is 0 Å². The quantitative estimate of drug-likeness (QED) is 0.638. The number of halogens is 2. The molecule has 0 unspecified atom stereocenters. The molecule has 2 aromatic carbocycles. The summed E-state index contributed by atoms with van der Waals surface area (Å²) in [5, 5.41) is 0. The minimum Gasteiger partial charge on any atom is -0.493 e. The van der Waals surface area contributed by atoms with E-state index in [9.17, 15) is 13.6 Å². The maximum atomic E-state index is 12.5. The van der Waals surface area contributed by atoms with Gasteiger partial charge in [0.1, 0.15) is 0 Å². The molecule has 0 atom stereocenters. The van der Waals surface area contributed by atoms with E-state index in [0.717, 1.165) is 5.56 Å². The average Bonchev–Trinajstić information content (AvgIpc) is 2.64. The van der Waals surface area contributed by atoms with Crippen molar-refractivity contribution in [3.63, 3.8) is 0 Å². The molecule has 0 N–H and O–H groups in total. The Morgan fingerprint density at radius 1 is 1.12 bits per heavy atom. The number of hydrogen-bond acceptors (Lipinski definition) is 4. The van der Waals surface area contributed by atoms with Crippen LogP contribution >= 0.6 is 11.8 Å². The van der Waals surface area contributed by atoms with Crippen molar-refractivity contribution in [2.45, 2.75) is 17.1 Å². The lowest BCUT2D eigenvalue weighted by atomic mass is 10.1. The number of amides is 1. The van der Waals surface area contributed by atoms with E-state index in [2.05, 4.69) is 0 Å². The third-order valence-corrected chi connectivity index (χ3v) is 4.54. The predicted molar refractivity (Wildman–Crippen MR) is 98.5 cm³/mol. The largest absolute Gasteiger partial charge is 0.493 e. The summed E-state index contributed by atoms with van der Waals surface area (Å²) in [4.78, 5) is 14.5. The highest BCUT2D eigenvalue weighted by Crippen LogP contribution is 2.28. The molecule has 0 aliphatic carbocycles. The van der Waals surface area contributed by atoms with Crippen LogP contribution in [-0.4, -0.2) is 44.4 Å². The molecule has 0 heterocycles. The summed E-state index contributed by atoms with van der Waals surface area (Å²) in [6.07, 6.45) is 0.633. The number of ether oxygens (including phenoxy) is 2. The third kappa shape index (κ3) is 5.36. The van der Waals surface area contributed by atoms with Crippen LogP contribution in [-0.2, 0) is 6.42 Å². The van der Waals surface area contributed by atoms with Gasteiger partial charge in [0.25, 0.3) is 11.7 Å². The summed E-state index contributed by atoms with van der Waals surface area (Å²) in [5.41, 5.74) is 1.40. The molecular weight excluding hydrogens is 360 g/mol. The van der Waals surface area contributed by atoms with Gasteiger partial charge in [-0.1, -0.05) is 23.9 Å². The van der Waals surface area contributed by atoms with Crippen molar-refractivity contribution in [1.82, 2.24) is 4.90 Å². The molecule has 1 amide bonds. The molecule has 2 aromatic rings. The zero-order valence-electron chi connectivity index (χ0n) is 14.9. The minimum atomic E-state index is -2.51. The van der Waals surface area contributed by atoms with Crippen molar-refractivity contribution in [3.8, 4) is 11.5 Å². The number of thioether (sulfide) groups is 1. The van der Waals surface area contributed by atoms with Gasteiger partial charge < -0.3 is 14.4 Å². The fraction of sp³-hybridized carbons (Fsp3) is 0.316. The number of rotatable bonds is 8. The molecule has 4 nitrogen and oxygen atoms in total. The highest BCUT2D eigenvalue weighted by atomic mass is 32.2. The van der Waals surface area contributed by atoms with Crippen molar-refractivity contribution in [2.75, 3.05) is 27.8 Å². The molecule has 0 aliphatic rings. The number of carbonyl (C=O) groups excluding carboxylic acids is 1. The van der Waals surface area contributed by atoms with Crippen molar-refractivity contribution >= 4 is 17.7 Å². The lowest BCUT2D eigenvalue weighted by Crippen LogP contribution is -2.28. The van der Waals surface area contributed by atoms with Gasteiger partial charge in [0.15, 0.2) is 11.5 Å². The molecule has 0 aliphatic heterocycles. The summed E-state index contributed by atoms with van der Waals surface area (Å²) < 4.78 is 35.5. The maximum absolute atomic E-state index is 12.5. The number of nitrogens with zero attached hydrogens (tertiary/aromatic N) is 1. The van der Waals surface area contributed by atoms with Crippen LogP contribution in [0, 0.1) is 0 Å². The lowest BCUT2D eigenvalue weighted by molar-refractivity contribution is 0.0796. The Bertz CT molecular complexity index is 755. The first-order valence-electron chi connectivity index (χ1n) is 7.96. The molecule has 0 bridgehead atoms. The number of benzene rings is 2. The number of carbonyl (C=O) groups is 1. The zero-order valence-corrected chi connectivity index (χ0v) is 15.7. The standard InChI is InChI=1S/C19H21F2NO3S/c1-22(10-9-13-7-8-16(24-2)17(11-13)25-3)18(23)14-5-4-6-15(12-14)26-19(20)21/h4-8,11-12,19H,9-10H2,1-3H3. The second kappa shape index (κ2) is 9.43. The van der Waals surface area contributed by atoms with Crippen LogP contribution in [0.15, 0.2) is 47.4 Å². The number of hydrogen-bond donors (Lipinski definition) is 0. The SMILES string of the molecule is COc1ccc(CCN(C)C(=O)c2cccc(SC(F)F)c2)cc1OC. The van der Waals surface area contributed by atoms with Crippen LogP contribution in [0.2, 0.25) is 0 Å². The van der Waals surface area contributed by atoms with Crippen molar-refractivity contribution in [2.24, 2.45) is 0 Å². The van der Waals surface area contributed by atoms with Gasteiger partial charge >= 0.3 is 0 Å². The first kappa shape index (κ1) is 20.0. The molecule has 2 rings (SSSR count). The zero-order chi connectivity index (χ0) is 19.1. The van der Waals surface area contributed by atoms with Crippen LogP contribution in [0.4, 0.5) is 8.78 Å². The number of methoxy groups -OCH3 is 2. The molecule has 0 radical (unpaired) electrons. The molecule has 0 saturated heterocycles. The Morgan fingerprint density at radius 3 is 2.50 bits per heavy atom. The van der Waals surface area contributed by atoms with Gasteiger partial charge in [-0.25, -0.2) is 0 Å². The monoisotopic (exact) mass is 381 g/mol. The van der Waals surface area contributed by atoms with Crippen LogP contribution < -0.4 is 9.47 Å². The van der Waals surface area contributed by atoms with E-state index in [1.54, 1.807) is 44.4 Å². The van der Waals surface area contributed by atoms with Crippen molar-refractivity contribution in [1.29, 1.82) is 0 Å². The summed E-state index contributed by atoms with van der Waals surface area (Å²) in [7, 11) is 4.84. The second-order valence-electron chi connectivity index (χ2n) is 5.57. The first-order chi connectivity index (χ1) is 12.4. The Labute approximate surface area is 156 Å². The van der Waals surface area contributed by atoms with Crippen LogP contribution in [0.25, 0.3) is 0 Å². The van der Waals surface area contributed by atoms with Gasteiger partial charge in [0, 0.05) is 24.1 Å². The molecule has 140 valence electrons. The van der Waals surface area contributed by atoms with Gasteiger partial charge in [-0.2, -0.15) is 8.78 Å². The van der Waals surface area contributed by atoms with E-state index in [0.29, 0.717) is 46.7 Å². The van der Waals surface area contributed by atoms with Crippen LogP contribution in [0.5, 0.6) is 11.5 Å². The Morgan fingerprint density at radius 2 is 1.85 bits per heavy atom. The predicted octanol–water partition coefficient (Wildman–Crippen LogP) is 4.33. The van der Waals surface area contributed by atoms with Gasteiger partial charge in [0.05, 0.1) is 14.2 Å². The highest BCUT2D eigenvalue weighted by Gasteiger charge is 2.14. The molecule has 7 heteroatoms. The minimum absolute atomic E-state index is 0.206. The van der Waals surface area contributed by atoms with E-state index in [-0.39, 0.29) is 5.91 Å². The van der Waals surface area contributed by atoms with Crippen molar-refractivity contribution in [3.05, 3.63) is 53.6 Å². The molecule has 0 aromatic heterocycles. The normalized spacial score (nSPS) is 10.7. The number of likely N-dealkylation sites (N-methyl/N-ethyl adjacent to an activating group) is 1. The molecule has 26 heavy (non-hydrogen) atoms. The van der Waals surface area contributed by atoms with E-state index in [4.69, 9.17) is 9.47 Å². The molecule has 0 spiro atoms. The molecule has 0 saturated carbocycles. The Kier molecular flexibility index (Phi) is 7.26. The van der Waals surface area contributed by atoms with Gasteiger partial charge in [-0.3, -0.25) is 4.79 Å². The fourth-order valence-electron chi connectivity index (χ4n) is 2.46. The maximum Gasteiger partial charge on any atom is 0.288 e. The molecule has 0 fully saturated rings.